The normalized spacial score (nSPS) is 10.5. The molecular weight excluding hydrogens is 186 g/mol. The molecule has 0 aliphatic heterocycles. The first kappa shape index (κ1) is 9.93. The van der Waals surface area contributed by atoms with Crippen LogP contribution >= 0.6 is 0 Å². The fraction of sp³-hybridized carbons (Fsp3) is 0.250. The average molecular weight is 201 g/mol. The maximum absolute atomic E-state index is 5.47. The Balaban J connectivity index is 2.11. The number of benzene rings is 1. The third kappa shape index (κ3) is 2.44. The Hall–Kier alpha value is -1.61. The van der Waals surface area contributed by atoms with Crippen LogP contribution in [0.3, 0.4) is 0 Å². The van der Waals surface area contributed by atoms with E-state index in [9.17, 15) is 0 Å². The van der Waals surface area contributed by atoms with Crippen molar-refractivity contribution in [3.63, 3.8) is 0 Å². The maximum atomic E-state index is 5.47. The monoisotopic (exact) mass is 201 g/mol. The number of nitrogens with zero attached hydrogens (tertiary/aromatic N) is 2. The third-order valence-electron chi connectivity index (χ3n) is 2.41. The lowest BCUT2D eigenvalue weighted by Gasteiger charge is -2.04. The van der Waals surface area contributed by atoms with E-state index >= 15 is 0 Å². The Labute approximate surface area is 89.6 Å². The SMILES string of the molecule is NCCCc1ccc(-n2ccnc2)cc1. The van der Waals surface area contributed by atoms with Gasteiger partial charge in [0.25, 0.3) is 0 Å². The summed E-state index contributed by atoms with van der Waals surface area (Å²) in [6.45, 7) is 0.753. The summed E-state index contributed by atoms with van der Waals surface area (Å²) in [6.07, 6.45) is 7.62. The second-order valence-electron chi connectivity index (χ2n) is 3.53. The van der Waals surface area contributed by atoms with Gasteiger partial charge in [-0.2, -0.15) is 0 Å². The van der Waals surface area contributed by atoms with Crippen molar-refractivity contribution in [3.8, 4) is 5.69 Å². The van der Waals surface area contributed by atoms with Crippen LogP contribution < -0.4 is 5.73 Å². The first-order valence-corrected chi connectivity index (χ1v) is 5.17. The van der Waals surface area contributed by atoms with E-state index in [2.05, 4.69) is 29.2 Å². The van der Waals surface area contributed by atoms with Crippen LogP contribution in [0.4, 0.5) is 0 Å². The van der Waals surface area contributed by atoms with E-state index in [0.29, 0.717) is 0 Å². The molecular formula is C12H15N3. The van der Waals surface area contributed by atoms with Crippen LogP contribution in [0.1, 0.15) is 12.0 Å². The minimum absolute atomic E-state index is 0.753. The topological polar surface area (TPSA) is 43.8 Å². The summed E-state index contributed by atoms with van der Waals surface area (Å²) in [4.78, 5) is 4.02. The Bertz CT molecular complexity index is 389. The van der Waals surface area contributed by atoms with Crippen LogP contribution in [0.15, 0.2) is 43.0 Å². The van der Waals surface area contributed by atoms with Crippen molar-refractivity contribution in [2.75, 3.05) is 6.54 Å². The van der Waals surface area contributed by atoms with Crippen molar-refractivity contribution in [2.24, 2.45) is 5.73 Å². The summed E-state index contributed by atoms with van der Waals surface area (Å²) in [7, 11) is 0. The second kappa shape index (κ2) is 4.75. The number of hydrogen-bond acceptors (Lipinski definition) is 2. The van der Waals surface area contributed by atoms with Crippen molar-refractivity contribution < 1.29 is 0 Å². The lowest BCUT2D eigenvalue weighted by molar-refractivity contribution is 0.832. The number of nitrogens with two attached hydrogens (primary N) is 1. The molecule has 1 aromatic carbocycles. The number of aromatic nitrogens is 2. The highest BCUT2D eigenvalue weighted by atomic mass is 15.0. The zero-order chi connectivity index (χ0) is 10.5. The van der Waals surface area contributed by atoms with E-state index in [1.807, 2.05) is 10.8 Å². The van der Waals surface area contributed by atoms with Crippen LogP contribution in [0, 0.1) is 0 Å². The fourth-order valence-corrected chi connectivity index (χ4v) is 1.55. The van der Waals surface area contributed by atoms with Gasteiger partial charge < -0.3 is 10.3 Å². The highest BCUT2D eigenvalue weighted by molar-refractivity contribution is 5.34. The summed E-state index contributed by atoms with van der Waals surface area (Å²) >= 11 is 0. The van der Waals surface area contributed by atoms with Crippen molar-refractivity contribution >= 4 is 0 Å². The average Bonchev–Trinajstić information content (AvgIpc) is 2.80. The van der Waals surface area contributed by atoms with Gasteiger partial charge in [-0.05, 0) is 37.1 Å². The van der Waals surface area contributed by atoms with Crippen LogP contribution in [-0.2, 0) is 6.42 Å². The largest absolute Gasteiger partial charge is 0.330 e. The molecule has 0 aliphatic rings. The molecule has 2 aromatic rings. The molecule has 0 unspecified atom stereocenters. The van der Waals surface area contributed by atoms with E-state index in [1.165, 1.54) is 5.56 Å². The van der Waals surface area contributed by atoms with E-state index in [0.717, 1.165) is 25.1 Å². The Kier molecular flexibility index (Phi) is 3.15. The summed E-state index contributed by atoms with van der Waals surface area (Å²) in [6, 6.07) is 8.50. The molecule has 78 valence electrons. The number of imidazole rings is 1. The van der Waals surface area contributed by atoms with E-state index in [4.69, 9.17) is 5.73 Å². The Morgan fingerprint density at radius 1 is 1.20 bits per heavy atom. The predicted molar refractivity (Wildman–Crippen MR) is 60.9 cm³/mol. The van der Waals surface area contributed by atoms with Crippen LogP contribution in [0.2, 0.25) is 0 Å². The van der Waals surface area contributed by atoms with E-state index < -0.39 is 0 Å². The van der Waals surface area contributed by atoms with Gasteiger partial charge in [-0.25, -0.2) is 4.98 Å². The number of rotatable bonds is 4. The van der Waals surface area contributed by atoms with Crippen molar-refractivity contribution in [1.29, 1.82) is 0 Å². The molecule has 0 bridgehead atoms. The molecule has 0 spiro atoms. The first-order chi connectivity index (χ1) is 7.40. The summed E-state index contributed by atoms with van der Waals surface area (Å²) in [5.41, 5.74) is 7.95. The van der Waals surface area contributed by atoms with Gasteiger partial charge >= 0.3 is 0 Å². The molecule has 1 aromatic heterocycles. The van der Waals surface area contributed by atoms with Gasteiger partial charge in [0.05, 0.1) is 6.33 Å². The molecule has 3 nitrogen and oxygen atoms in total. The van der Waals surface area contributed by atoms with E-state index in [1.54, 1.807) is 12.5 Å². The smallest absolute Gasteiger partial charge is 0.0991 e. The highest BCUT2D eigenvalue weighted by Gasteiger charge is 1.96. The molecule has 0 radical (unpaired) electrons. The Morgan fingerprint density at radius 3 is 2.60 bits per heavy atom. The molecule has 15 heavy (non-hydrogen) atoms. The lowest BCUT2D eigenvalue weighted by Crippen LogP contribution is -2.00. The second-order valence-corrected chi connectivity index (χ2v) is 3.53. The zero-order valence-electron chi connectivity index (χ0n) is 8.63. The van der Waals surface area contributed by atoms with Gasteiger partial charge in [-0.3, -0.25) is 0 Å². The van der Waals surface area contributed by atoms with Crippen LogP contribution in [0.25, 0.3) is 5.69 Å². The maximum Gasteiger partial charge on any atom is 0.0991 e. The fourth-order valence-electron chi connectivity index (χ4n) is 1.55. The highest BCUT2D eigenvalue weighted by Crippen LogP contribution is 2.10. The Morgan fingerprint density at radius 2 is 2.00 bits per heavy atom. The molecule has 0 amide bonds. The van der Waals surface area contributed by atoms with Crippen molar-refractivity contribution in [1.82, 2.24) is 9.55 Å². The molecule has 0 saturated heterocycles. The standard InChI is InChI=1S/C12H15N3/c13-7-1-2-11-3-5-12(6-4-11)15-9-8-14-10-15/h3-6,8-10H,1-2,7,13H2. The van der Waals surface area contributed by atoms with Gasteiger partial charge in [0.15, 0.2) is 0 Å². The minimum atomic E-state index is 0.753. The van der Waals surface area contributed by atoms with Crippen LogP contribution in [0.5, 0.6) is 0 Å². The van der Waals surface area contributed by atoms with Gasteiger partial charge in [0.1, 0.15) is 0 Å². The van der Waals surface area contributed by atoms with Gasteiger partial charge in [-0.15, -0.1) is 0 Å². The molecule has 0 atom stereocenters. The molecule has 0 saturated carbocycles. The molecule has 2 rings (SSSR count). The van der Waals surface area contributed by atoms with Crippen molar-refractivity contribution in [3.05, 3.63) is 48.5 Å². The molecule has 1 heterocycles. The lowest BCUT2D eigenvalue weighted by atomic mass is 10.1. The summed E-state index contributed by atoms with van der Waals surface area (Å²) in [5, 5.41) is 0. The predicted octanol–water partition coefficient (Wildman–Crippen LogP) is 1.76. The summed E-state index contributed by atoms with van der Waals surface area (Å²) in [5.74, 6) is 0. The first-order valence-electron chi connectivity index (χ1n) is 5.17. The number of hydrogen-bond donors (Lipinski definition) is 1. The summed E-state index contributed by atoms with van der Waals surface area (Å²) < 4.78 is 1.99. The van der Waals surface area contributed by atoms with Gasteiger partial charge in [0, 0.05) is 18.1 Å². The van der Waals surface area contributed by atoms with Gasteiger partial charge in [0.2, 0.25) is 0 Å². The minimum Gasteiger partial charge on any atom is -0.330 e. The quantitative estimate of drug-likeness (QED) is 0.819. The van der Waals surface area contributed by atoms with E-state index in [-0.39, 0.29) is 0 Å². The number of aryl methyl sites for hydroxylation is 1. The molecule has 3 heteroatoms. The third-order valence-corrected chi connectivity index (χ3v) is 2.41. The zero-order valence-corrected chi connectivity index (χ0v) is 8.63. The van der Waals surface area contributed by atoms with Crippen molar-refractivity contribution in [2.45, 2.75) is 12.8 Å². The molecule has 2 N–H and O–H groups in total. The van der Waals surface area contributed by atoms with Gasteiger partial charge in [-0.1, -0.05) is 12.1 Å². The molecule has 0 fully saturated rings. The van der Waals surface area contributed by atoms with Crippen LogP contribution in [-0.4, -0.2) is 16.1 Å². The molecule has 0 aliphatic carbocycles.